The third-order valence-corrected chi connectivity index (χ3v) is 3.08. The number of hydrogen-bond acceptors (Lipinski definition) is 4. The molecule has 3 N–H and O–H groups in total. The van der Waals surface area contributed by atoms with Crippen LogP contribution in [0, 0.1) is 5.82 Å². The van der Waals surface area contributed by atoms with Crippen LogP contribution >= 0.6 is 27.5 Å². The van der Waals surface area contributed by atoms with Crippen LogP contribution in [0.4, 0.5) is 10.2 Å². The van der Waals surface area contributed by atoms with E-state index in [0.29, 0.717) is 26.8 Å². The van der Waals surface area contributed by atoms with Gasteiger partial charge in [-0.1, -0.05) is 27.5 Å². The minimum Gasteiger partial charge on any atom is -0.487 e. The molecule has 7 heteroatoms. The maximum atomic E-state index is 13.2. The smallest absolute Gasteiger partial charge is 0.140 e. The van der Waals surface area contributed by atoms with E-state index in [2.05, 4.69) is 26.3 Å². The molecule has 0 saturated heterocycles. The first kappa shape index (κ1) is 14.0. The van der Waals surface area contributed by atoms with Crippen molar-refractivity contribution in [1.82, 2.24) is 4.98 Å². The summed E-state index contributed by atoms with van der Waals surface area (Å²) < 4.78 is 19.2. The third kappa shape index (κ3) is 3.79. The highest BCUT2D eigenvalue weighted by atomic mass is 79.9. The van der Waals surface area contributed by atoms with Gasteiger partial charge in [-0.05, 0) is 24.3 Å². The number of rotatable bonds is 4. The molecule has 0 aliphatic carbocycles. The largest absolute Gasteiger partial charge is 0.487 e. The molecule has 2 rings (SSSR count). The van der Waals surface area contributed by atoms with Gasteiger partial charge in [0, 0.05) is 10.5 Å². The van der Waals surface area contributed by atoms with Crippen molar-refractivity contribution in [2.75, 3.05) is 5.43 Å². The van der Waals surface area contributed by atoms with Gasteiger partial charge in [0.15, 0.2) is 0 Å². The Morgan fingerprint density at radius 2 is 2.16 bits per heavy atom. The molecule has 1 heterocycles. The van der Waals surface area contributed by atoms with Crippen LogP contribution in [0.3, 0.4) is 0 Å². The fourth-order valence-corrected chi connectivity index (χ4v) is 2.03. The van der Waals surface area contributed by atoms with E-state index in [-0.39, 0.29) is 12.4 Å². The Kier molecular flexibility index (Phi) is 4.57. The summed E-state index contributed by atoms with van der Waals surface area (Å²) in [7, 11) is 0. The van der Waals surface area contributed by atoms with Crippen LogP contribution < -0.4 is 16.0 Å². The highest BCUT2D eigenvalue weighted by molar-refractivity contribution is 9.10. The number of hydrogen-bond donors (Lipinski definition) is 2. The molecule has 19 heavy (non-hydrogen) atoms. The minimum absolute atomic E-state index is 0.115. The average molecular weight is 347 g/mol. The van der Waals surface area contributed by atoms with E-state index in [4.69, 9.17) is 22.2 Å². The molecular weight excluding hydrogens is 337 g/mol. The highest BCUT2D eigenvalue weighted by Gasteiger charge is 2.06. The van der Waals surface area contributed by atoms with Crippen molar-refractivity contribution in [3.63, 3.8) is 0 Å². The Morgan fingerprint density at radius 3 is 2.84 bits per heavy atom. The van der Waals surface area contributed by atoms with E-state index in [1.54, 1.807) is 18.2 Å². The summed E-state index contributed by atoms with van der Waals surface area (Å²) in [6.07, 6.45) is 0. The molecule has 0 atom stereocenters. The van der Waals surface area contributed by atoms with Crippen molar-refractivity contribution < 1.29 is 9.13 Å². The van der Waals surface area contributed by atoms with Crippen molar-refractivity contribution in [1.29, 1.82) is 0 Å². The average Bonchev–Trinajstić information content (AvgIpc) is 2.37. The molecule has 0 bridgehead atoms. The van der Waals surface area contributed by atoms with Crippen LogP contribution in [0.1, 0.15) is 5.69 Å². The molecule has 0 fully saturated rings. The van der Waals surface area contributed by atoms with Gasteiger partial charge in [-0.2, -0.15) is 0 Å². The van der Waals surface area contributed by atoms with Crippen molar-refractivity contribution in [3.8, 4) is 5.75 Å². The molecular formula is C12H10BrClFN3O. The van der Waals surface area contributed by atoms with Gasteiger partial charge in [-0.15, -0.1) is 0 Å². The van der Waals surface area contributed by atoms with Crippen molar-refractivity contribution in [2.24, 2.45) is 5.84 Å². The van der Waals surface area contributed by atoms with Gasteiger partial charge in [0.25, 0.3) is 0 Å². The first-order valence-corrected chi connectivity index (χ1v) is 6.46. The zero-order valence-corrected chi connectivity index (χ0v) is 12.0. The molecule has 0 radical (unpaired) electrons. The summed E-state index contributed by atoms with van der Waals surface area (Å²) in [5.74, 6) is 5.74. The quantitative estimate of drug-likeness (QED) is 0.657. The summed E-state index contributed by atoms with van der Waals surface area (Å²) in [5, 5.41) is 0.453. The number of anilines is 1. The Bertz CT molecular complexity index is 577. The predicted molar refractivity (Wildman–Crippen MR) is 75.5 cm³/mol. The Balaban J connectivity index is 2.13. The molecule has 0 amide bonds. The first-order valence-electron chi connectivity index (χ1n) is 5.29. The number of pyridine rings is 1. The van der Waals surface area contributed by atoms with Crippen molar-refractivity contribution in [3.05, 3.63) is 51.3 Å². The van der Waals surface area contributed by atoms with Gasteiger partial charge >= 0.3 is 0 Å². The number of nitrogens with zero attached hydrogens (tertiary/aromatic N) is 1. The molecule has 1 aromatic carbocycles. The number of hydrazine groups is 1. The lowest BCUT2D eigenvalue weighted by molar-refractivity contribution is 0.300. The van der Waals surface area contributed by atoms with Crippen LogP contribution in [0.5, 0.6) is 5.75 Å². The first-order chi connectivity index (χ1) is 9.08. The molecule has 100 valence electrons. The molecule has 0 aliphatic heterocycles. The number of halogens is 3. The third-order valence-electron chi connectivity index (χ3n) is 2.28. The van der Waals surface area contributed by atoms with Gasteiger partial charge in [0.1, 0.15) is 24.0 Å². The Hall–Kier alpha value is -1.37. The number of ether oxygens (including phenoxy) is 1. The molecule has 4 nitrogen and oxygen atoms in total. The van der Waals surface area contributed by atoms with Crippen LogP contribution in [0.25, 0.3) is 0 Å². The second kappa shape index (κ2) is 6.18. The maximum Gasteiger partial charge on any atom is 0.140 e. The Morgan fingerprint density at radius 1 is 1.37 bits per heavy atom. The minimum atomic E-state index is -0.388. The van der Waals surface area contributed by atoms with Crippen LogP contribution in [0.2, 0.25) is 5.02 Å². The van der Waals surface area contributed by atoms with E-state index in [1.165, 1.54) is 12.1 Å². The normalized spacial score (nSPS) is 10.3. The summed E-state index contributed by atoms with van der Waals surface area (Å²) in [5.41, 5.74) is 2.93. The highest BCUT2D eigenvalue weighted by Crippen LogP contribution is 2.23. The van der Waals surface area contributed by atoms with Crippen LogP contribution in [0.15, 0.2) is 34.8 Å². The lowest BCUT2D eigenvalue weighted by Gasteiger charge is -2.09. The summed E-state index contributed by atoms with van der Waals surface area (Å²) >= 11 is 9.18. The van der Waals surface area contributed by atoms with Crippen molar-refractivity contribution >= 4 is 33.3 Å². The van der Waals surface area contributed by atoms with Crippen LogP contribution in [-0.2, 0) is 6.61 Å². The van der Waals surface area contributed by atoms with E-state index in [0.717, 1.165) is 0 Å². The second-order valence-corrected chi connectivity index (χ2v) is 4.99. The number of aromatic nitrogens is 1. The zero-order valence-electron chi connectivity index (χ0n) is 9.66. The molecule has 0 unspecified atom stereocenters. The number of nitrogen functional groups attached to an aromatic ring is 1. The second-order valence-electron chi connectivity index (χ2n) is 3.66. The molecule has 0 spiro atoms. The fourth-order valence-electron chi connectivity index (χ4n) is 1.43. The monoisotopic (exact) mass is 345 g/mol. The fraction of sp³-hybridized carbons (Fsp3) is 0.0833. The molecule has 1 aromatic heterocycles. The van der Waals surface area contributed by atoms with Gasteiger partial charge < -0.3 is 10.2 Å². The van der Waals surface area contributed by atoms with E-state index >= 15 is 0 Å². The number of benzene rings is 1. The SMILES string of the molecule is NNc1ccc(Cl)c(COc2cc(F)cc(Br)c2)n1. The molecule has 2 aromatic rings. The lowest BCUT2D eigenvalue weighted by atomic mass is 10.3. The van der Waals surface area contributed by atoms with E-state index < -0.39 is 0 Å². The maximum absolute atomic E-state index is 13.2. The topological polar surface area (TPSA) is 60.2 Å². The zero-order chi connectivity index (χ0) is 13.8. The summed E-state index contributed by atoms with van der Waals surface area (Å²) in [6.45, 7) is 0.115. The molecule has 0 saturated carbocycles. The molecule has 0 aliphatic rings. The standard InChI is InChI=1S/C12H10BrClFN3O/c13-7-3-8(15)5-9(4-7)19-6-11-10(14)1-2-12(17-11)18-16/h1-5H,6,16H2,(H,17,18). The number of nitrogens with one attached hydrogen (secondary N) is 1. The van der Waals surface area contributed by atoms with Gasteiger partial charge in [-0.3, -0.25) is 0 Å². The van der Waals surface area contributed by atoms with Gasteiger partial charge in [0.05, 0.1) is 10.7 Å². The van der Waals surface area contributed by atoms with Gasteiger partial charge in [0.2, 0.25) is 0 Å². The van der Waals surface area contributed by atoms with E-state index in [9.17, 15) is 4.39 Å². The van der Waals surface area contributed by atoms with Crippen molar-refractivity contribution in [2.45, 2.75) is 6.61 Å². The van der Waals surface area contributed by atoms with Crippen LogP contribution in [-0.4, -0.2) is 4.98 Å². The van der Waals surface area contributed by atoms with Gasteiger partial charge in [-0.25, -0.2) is 15.2 Å². The Labute approximate surface area is 122 Å². The summed E-state index contributed by atoms with van der Waals surface area (Å²) in [6, 6.07) is 7.58. The lowest BCUT2D eigenvalue weighted by Crippen LogP contribution is -2.10. The summed E-state index contributed by atoms with van der Waals surface area (Å²) in [4.78, 5) is 4.15. The van der Waals surface area contributed by atoms with E-state index in [1.807, 2.05) is 0 Å². The number of nitrogens with two attached hydrogens (primary N) is 1. The predicted octanol–water partition coefficient (Wildman–Crippen LogP) is 3.50.